The summed E-state index contributed by atoms with van der Waals surface area (Å²) in [7, 11) is 0. The molecule has 2 aromatic heterocycles. The van der Waals surface area contributed by atoms with Crippen LogP contribution < -0.4 is 5.32 Å². The summed E-state index contributed by atoms with van der Waals surface area (Å²) in [6, 6.07) is 6.86. The van der Waals surface area contributed by atoms with Gasteiger partial charge in [-0.15, -0.1) is 0 Å². The Morgan fingerprint density at radius 3 is 2.70 bits per heavy atom. The highest BCUT2D eigenvalue weighted by molar-refractivity contribution is 6.36. The molecule has 7 heteroatoms. The Morgan fingerprint density at radius 2 is 2.00 bits per heavy atom. The van der Waals surface area contributed by atoms with E-state index in [2.05, 4.69) is 15.4 Å². The van der Waals surface area contributed by atoms with Gasteiger partial charge in [0.1, 0.15) is 0 Å². The van der Waals surface area contributed by atoms with E-state index in [9.17, 15) is 4.79 Å². The number of anilines is 1. The molecule has 3 rings (SSSR count). The van der Waals surface area contributed by atoms with Crippen LogP contribution in [0.25, 0.3) is 11.0 Å². The number of fused-ring (bicyclic) bond motifs is 1. The highest BCUT2D eigenvalue weighted by Gasteiger charge is 2.13. The Balaban J connectivity index is 1.89. The van der Waals surface area contributed by atoms with E-state index in [0.717, 1.165) is 11.0 Å². The second-order valence-corrected chi connectivity index (χ2v) is 6.24. The number of carbonyl (C=O) groups is 1. The highest BCUT2D eigenvalue weighted by Crippen LogP contribution is 2.26. The topological polar surface area (TPSA) is 59.8 Å². The lowest BCUT2D eigenvalue weighted by molar-refractivity contribution is 0.102. The molecule has 0 bridgehead atoms. The lowest BCUT2D eigenvalue weighted by Crippen LogP contribution is -2.12. The molecule has 2 heterocycles. The average Bonchev–Trinajstić information content (AvgIpc) is 2.93. The molecule has 1 aromatic carbocycles. The van der Waals surface area contributed by atoms with Crippen LogP contribution in [0.4, 0.5) is 5.69 Å². The molecule has 0 saturated carbocycles. The van der Waals surface area contributed by atoms with Gasteiger partial charge >= 0.3 is 0 Å². The van der Waals surface area contributed by atoms with E-state index in [1.54, 1.807) is 30.5 Å². The molecule has 3 aromatic rings. The van der Waals surface area contributed by atoms with Crippen molar-refractivity contribution < 1.29 is 4.79 Å². The van der Waals surface area contributed by atoms with E-state index >= 15 is 0 Å². The van der Waals surface area contributed by atoms with Crippen molar-refractivity contribution in [1.82, 2.24) is 14.8 Å². The largest absolute Gasteiger partial charge is 0.321 e. The molecule has 0 spiro atoms. The van der Waals surface area contributed by atoms with Gasteiger partial charge in [-0.1, -0.05) is 23.2 Å². The molecular weight excluding hydrogens is 335 g/mol. The van der Waals surface area contributed by atoms with Crippen LogP contribution in [0.1, 0.15) is 30.2 Å². The molecule has 0 aliphatic rings. The molecule has 1 amide bonds. The van der Waals surface area contributed by atoms with Crippen molar-refractivity contribution in [1.29, 1.82) is 0 Å². The minimum Gasteiger partial charge on any atom is -0.321 e. The van der Waals surface area contributed by atoms with E-state index < -0.39 is 0 Å². The number of aromatic nitrogens is 3. The third-order valence-corrected chi connectivity index (χ3v) is 3.91. The molecule has 0 aliphatic carbocycles. The van der Waals surface area contributed by atoms with Crippen molar-refractivity contribution in [2.45, 2.75) is 19.9 Å². The van der Waals surface area contributed by atoms with Gasteiger partial charge in [-0.3, -0.25) is 4.79 Å². The third kappa shape index (κ3) is 3.16. The first-order valence-electron chi connectivity index (χ1n) is 7.05. The van der Waals surface area contributed by atoms with Crippen LogP contribution in [0.3, 0.4) is 0 Å². The van der Waals surface area contributed by atoms with Crippen LogP contribution in [-0.2, 0) is 0 Å². The van der Waals surface area contributed by atoms with Crippen LogP contribution in [0.15, 0.2) is 36.7 Å². The Kier molecular flexibility index (Phi) is 4.24. The fourth-order valence-corrected chi connectivity index (χ4v) is 2.68. The number of pyridine rings is 1. The van der Waals surface area contributed by atoms with E-state index in [-0.39, 0.29) is 11.9 Å². The maximum absolute atomic E-state index is 12.4. The summed E-state index contributed by atoms with van der Waals surface area (Å²) in [4.78, 5) is 16.7. The number of hydrogen-bond acceptors (Lipinski definition) is 3. The maximum Gasteiger partial charge on any atom is 0.257 e. The monoisotopic (exact) mass is 348 g/mol. The fraction of sp³-hybridized carbons (Fsp3) is 0.188. The van der Waals surface area contributed by atoms with Crippen molar-refractivity contribution in [2.75, 3.05) is 5.32 Å². The number of benzene rings is 1. The number of carbonyl (C=O) groups excluding carboxylic acids is 1. The molecule has 0 radical (unpaired) electrons. The molecule has 118 valence electrons. The second-order valence-electron chi connectivity index (χ2n) is 5.40. The van der Waals surface area contributed by atoms with Crippen molar-refractivity contribution >= 4 is 45.8 Å². The van der Waals surface area contributed by atoms with Gasteiger partial charge in [-0.05, 0) is 38.1 Å². The maximum atomic E-state index is 12.4. The molecule has 1 N–H and O–H groups in total. The first-order chi connectivity index (χ1) is 11.0. The predicted molar refractivity (Wildman–Crippen MR) is 92.3 cm³/mol. The summed E-state index contributed by atoms with van der Waals surface area (Å²) in [6.45, 7) is 4.05. The van der Waals surface area contributed by atoms with Crippen molar-refractivity contribution in [3.63, 3.8) is 0 Å². The molecule has 0 atom stereocenters. The summed E-state index contributed by atoms with van der Waals surface area (Å²) < 4.78 is 1.81. The van der Waals surface area contributed by atoms with Gasteiger partial charge in [0, 0.05) is 22.6 Å². The van der Waals surface area contributed by atoms with Crippen LogP contribution in [-0.4, -0.2) is 20.7 Å². The highest BCUT2D eigenvalue weighted by atomic mass is 35.5. The smallest absolute Gasteiger partial charge is 0.257 e. The van der Waals surface area contributed by atoms with Gasteiger partial charge in [0.25, 0.3) is 5.91 Å². The summed E-state index contributed by atoms with van der Waals surface area (Å²) in [6.07, 6.45) is 3.23. The Morgan fingerprint density at radius 1 is 1.22 bits per heavy atom. The number of nitrogens with zero attached hydrogens (tertiary/aromatic N) is 3. The number of hydrogen-bond donors (Lipinski definition) is 1. The zero-order chi connectivity index (χ0) is 16.6. The Labute approximate surface area is 143 Å². The molecule has 23 heavy (non-hydrogen) atoms. The van der Waals surface area contributed by atoms with Crippen LogP contribution >= 0.6 is 23.2 Å². The molecule has 0 aliphatic heterocycles. The van der Waals surface area contributed by atoms with E-state index in [1.807, 2.05) is 18.5 Å². The minimum absolute atomic E-state index is 0.201. The summed E-state index contributed by atoms with van der Waals surface area (Å²) in [5, 5.41) is 8.75. The summed E-state index contributed by atoms with van der Waals surface area (Å²) in [5.74, 6) is -0.291. The zero-order valence-corrected chi connectivity index (χ0v) is 14.1. The van der Waals surface area contributed by atoms with Gasteiger partial charge in [-0.25, -0.2) is 9.67 Å². The standard InChI is InChI=1S/C16H14Cl2N4O/c1-9(2)22-15-10(8-20-22)5-11(7-19-15)16(23)21-14-4-3-12(17)6-13(14)18/h3-9H,1-2H3,(H,21,23). The summed E-state index contributed by atoms with van der Waals surface area (Å²) >= 11 is 11.9. The quantitative estimate of drug-likeness (QED) is 0.753. The van der Waals surface area contributed by atoms with Crippen LogP contribution in [0, 0.1) is 0 Å². The first kappa shape index (κ1) is 15.8. The fourth-order valence-electron chi connectivity index (χ4n) is 2.23. The van der Waals surface area contributed by atoms with E-state index in [1.165, 1.54) is 6.20 Å². The Bertz CT molecular complexity index is 889. The van der Waals surface area contributed by atoms with Crippen molar-refractivity contribution in [3.8, 4) is 0 Å². The lowest BCUT2D eigenvalue weighted by atomic mass is 10.2. The minimum atomic E-state index is -0.291. The van der Waals surface area contributed by atoms with Crippen molar-refractivity contribution in [2.24, 2.45) is 0 Å². The SMILES string of the molecule is CC(C)n1ncc2cc(C(=O)Nc3ccc(Cl)cc3Cl)cnc21. The van der Waals surface area contributed by atoms with Crippen LogP contribution in [0.2, 0.25) is 10.0 Å². The first-order valence-corrected chi connectivity index (χ1v) is 7.81. The number of rotatable bonds is 3. The summed E-state index contributed by atoms with van der Waals surface area (Å²) in [5.41, 5.74) is 1.69. The predicted octanol–water partition coefficient (Wildman–Crippen LogP) is 4.57. The molecular formula is C16H14Cl2N4O. The zero-order valence-electron chi connectivity index (χ0n) is 12.5. The number of halogens is 2. The van der Waals surface area contributed by atoms with Gasteiger partial charge in [-0.2, -0.15) is 5.10 Å². The molecule has 5 nitrogen and oxygen atoms in total. The third-order valence-electron chi connectivity index (χ3n) is 3.36. The van der Waals surface area contributed by atoms with Crippen LogP contribution in [0.5, 0.6) is 0 Å². The second kappa shape index (κ2) is 6.18. The van der Waals surface area contributed by atoms with Gasteiger partial charge < -0.3 is 5.32 Å². The van der Waals surface area contributed by atoms with E-state index in [0.29, 0.717) is 21.3 Å². The number of nitrogens with one attached hydrogen (secondary N) is 1. The van der Waals surface area contributed by atoms with E-state index in [4.69, 9.17) is 23.2 Å². The molecule has 0 fully saturated rings. The molecule has 0 saturated heterocycles. The molecule has 0 unspecified atom stereocenters. The number of amides is 1. The lowest BCUT2D eigenvalue weighted by Gasteiger charge is -2.08. The van der Waals surface area contributed by atoms with Crippen molar-refractivity contribution in [3.05, 3.63) is 52.3 Å². The van der Waals surface area contributed by atoms with Gasteiger partial charge in [0.05, 0.1) is 22.5 Å². The Hall–Kier alpha value is -2.11. The normalized spacial score (nSPS) is 11.2. The van der Waals surface area contributed by atoms with Gasteiger partial charge in [0.2, 0.25) is 0 Å². The van der Waals surface area contributed by atoms with Gasteiger partial charge in [0.15, 0.2) is 5.65 Å². The average molecular weight is 349 g/mol.